The molecule has 0 saturated heterocycles. The van der Waals surface area contributed by atoms with Gasteiger partial charge in [0.2, 0.25) is 0 Å². The SMILES string of the molecule is O=C(O)c1cc([C@@H]2C[C@H]3C=C[C@H]2C3)ncn1. The molecule has 0 amide bonds. The fourth-order valence-electron chi connectivity index (χ4n) is 2.81. The first-order valence-electron chi connectivity index (χ1n) is 5.47. The quantitative estimate of drug-likeness (QED) is 0.766. The summed E-state index contributed by atoms with van der Waals surface area (Å²) in [4.78, 5) is 18.8. The zero-order valence-electron chi connectivity index (χ0n) is 8.71. The van der Waals surface area contributed by atoms with Gasteiger partial charge in [-0.05, 0) is 30.7 Å². The van der Waals surface area contributed by atoms with E-state index in [1.54, 1.807) is 6.07 Å². The van der Waals surface area contributed by atoms with E-state index in [1.807, 2.05) is 0 Å². The van der Waals surface area contributed by atoms with E-state index in [-0.39, 0.29) is 5.69 Å². The average molecular weight is 216 g/mol. The lowest BCUT2D eigenvalue weighted by Crippen LogP contribution is -2.10. The largest absolute Gasteiger partial charge is 0.477 e. The summed E-state index contributed by atoms with van der Waals surface area (Å²) in [5, 5.41) is 8.88. The fraction of sp³-hybridized carbons (Fsp3) is 0.417. The van der Waals surface area contributed by atoms with E-state index in [1.165, 1.54) is 12.7 Å². The topological polar surface area (TPSA) is 63.1 Å². The monoisotopic (exact) mass is 216 g/mol. The molecule has 4 heteroatoms. The van der Waals surface area contributed by atoms with Crippen LogP contribution in [0.2, 0.25) is 0 Å². The van der Waals surface area contributed by atoms with E-state index in [0.717, 1.165) is 12.1 Å². The number of allylic oxidation sites excluding steroid dienone is 2. The van der Waals surface area contributed by atoms with Gasteiger partial charge in [-0.15, -0.1) is 0 Å². The van der Waals surface area contributed by atoms with E-state index in [4.69, 9.17) is 5.11 Å². The first-order chi connectivity index (χ1) is 7.74. The van der Waals surface area contributed by atoms with Gasteiger partial charge in [0.25, 0.3) is 0 Å². The molecule has 1 aromatic rings. The number of fused-ring (bicyclic) bond motifs is 2. The molecule has 2 aliphatic carbocycles. The maximum Gasteiger partial charge on any atom is 0.354 e. The molecule has 1 N–H and O–H groups in total. The van der Waals surface area contributed by atoms with Crippen molar-refractivity contribution >= 4 is 5.97 Å². The predicted octanol–water partition coefficient (Wildman–Crippen LogP) is 1.85. The zero-order valence-corrected chi connectivity index (χ0v) is 8.71. The minimum absolute atomic E-state index is 0.0942. The van der Waals surface area contributed by atoms with Crippen LogP contribution in [-0.2, 0) is 0 Å². The number of rotatable bonds is 2. The molecular formula is C12H12N2O2. The number of nitrogens with zero attached hydrogens (tertiary/aromatic N) is 2. The molecule has 0 radical (unpaired) electrons. The lowest BCUT2D eigenvalue weighted by Gasteiger charge is -2.17. The van der Waals surface area contributed by atoms with Gasteiger partial charge in [-0.1, -0.05) is 12.2 Å². The van der Waals surface area contributed by atoms with Crippen LogP contribution < -0.4 is 0 Å². The second kappa shape index (κ2) is 3.40. The summed E-state index contributed by atoms with van der Waals surface area (Å²) in [5.41, 5.74) is 0.973. The summed E-state index contributed by atoms with van der Waals surface area (Å²) in [7, 11) is 0. The molecule has 16 heavy (non-hydrogen) atoms. The van der Waals surface area contributed by atoms with Crippen molar-refractivity contribution in [2.24, 2.45) is 11.8 Å². The maximum atomic E-state index is 10.8. The van der Waals surface area contributed by atoms with Gasteiger partial charge in [0, 0.05) is 11.6 Å². The Morgan fingerprint density at radius 3 is 2.81 bits per heavy atom. The van der Waals surface area contributed by atoms with Gasteiger partial charge in [0.15, 0.2) is 5.69 Å². The van der Waals surface area contributed by atoms with Crippen LogP contribution in [0.15, 0.2) is 24.5 Å². The molecule has 1 aromatic heterocycles. The Bertz CT molecular complexity index is 470. The van der Waals surface area contributed by atoms with Crippen LogP contribution in [0, 0.1) is 11.8 Å². The highest BCUT2D eigenvalue weighted by Crippen LogP contribution is 2.48. The Morgan fingerprint density at radius 2 is 2.19 bits per heavy atom. The number of carboxylic acids is 1. The Hall–Kier alpha value is -1.71. The Kier molecular flexibility index (Phi) is 2.02. The first-order valence-corrected chi connectivity index (χ1v) is 5.47. The van der Waals surface area contributed by atoms with Gasteiger partial charge in [-0.3, -0.25) is 0 Å². The molecule has 2 bridgehead atoms. The number of aromatic nitrogens is 2. The van der Waals surface area contributed by atoms with Crippen molar-refractivity contribution in [2.75, 3.05) is 0 Å². The van der Waals surface area contributed by atoms with Crippen LogP contribution in [0.25, 0.3) is 0 Å². The Balaban J connectivity index is 1.92. The van der Waals surface area contributed by atoms with E-state index in [2.05, 4.69) is 22.1 Å². The van der Waals surface area contributed by atoms with E-state index >= 15 is 0 Å². The summed E-state index contributed by atoms with van der Waals surface area (Å²) >= 11 is 0. The van der Waals surface area contributed by atoms with Gasteiger partial charge >= 0.3 is 5.97 Å². The van der Waals surface area contributed by atoms with Crippen LogP contribution in [-0.4, -0.2) is 21.0 Å². The number of hydrogen-bond donors (Lipinski definition) is 1. The molecule has 1 heterocycles. The molecule has 82 valence electrons. The smallest absolute Gasteiger partial charge is 0.354 e. The molecule has 0 spiro atoms. The third kappa shape index (κ3) is 1.41. The van der Waals surface area contributed by atoms with Crippen molar-refractivity contribution < 1.29 is 9.90 Å². The van der Waals surface area contributed by atoms with Crippen LogP contribution in [0.3, 0.4) is 0 Å². The second-order valence-corrected chi connectivity index (χ2v) is 4.52. The summed E-state index contributed by atoms with van der Waals surface area (Å²) in [6.45, 7) is 0. The number of aromatic carboxylic acids is 1. The molecule has 1 fully saturated rings. The van der Waals surface area contributed by atoms with Crippen molar-refractivity contribution in [3.05, 3.63) is 35.9 Å². The molecule has 4 nitrogen and oxygen atoms in total. The molecule has 3 rings (SSSR count). The third-order valence-electron chi connectivity index (χ3n) is 3.57. The van der Waals surface area contributed by atoms with Crippen molar-refractivity contribution in [3.63, 3.8) is 0 Å². The molecule has 0 unspecified atom stereocenters. The van der Waals surface area contributed by atoms with Crippen molar-refractivity contribution in [1.29, 1.82) is 0 Å². The van der Waals surface area contributed by atoms with Crippen LogP contribution in [0.1, 0.15) is 34.9 Å². The molecule has 2 aliphatic rings. The lowest BCUT2D eigenvalue weighted by molar-refractivity contribution is 0.0690. The van der Waals surface area contributed by atoms with Crippen LogP contribution >= 0.6 is 0 Å². The minimum Gasteiger partial charge on any atom is -0.477 e. The Morgan fingerprint density at radius 1 is 1.31 bits per heavy atom. The first kappa shape index (κ1) is 9.51. The zero-order chi connectivity index (χ0) is 11.1. The van der Waals surface area contributed by atoms with E-state index in [9.17, 15) is 4.79 Å². The molecule has 0 aliphatic heterocycles. The van der Waals surface area contributed by atoms with E-state index < -0.39 is 5.97 Å². The molecule has 3 atom stereocenters. The van der Waals surface area contributed by atoms with Crippen molar-refractivity contribution in [1.82, 2.24) is 9.97 Å². The van der Waals surface area contributed by atoms with Gasteiger partial charge < -0.3 is 5.11 Å². The number of carbonyl (C=O) groups is 1. The van der Waals surface area contributed by atoms with Crippen LogP contribution in [0.5, 0.6) is 0 Å². The summed E-state index contributed by atoms with van der Waals surface area (Å²) < 4.78 is 0. The Labute approximate surface area is 93.0 Å². The van der Waals surface area contributed by atoms with Crippen molar-refractivity contribution in [2.45, 2.75) is 18.8 Å². The van der Waals surface area contributed by atoms with Gasteiger partial charge in [-0.25, -0.2) is 14.8 Å². The maximum absolute atomic E-state index is 10.8. The second-order valence-electron chi connectivity index (χ2n) is 4.52. The summed E-state index contributed by atoms with van der Waals surface area (Å²) in [6.07, 6.45) is 8.14. The van der Waals surface area contributed by atoms with Gasteiger partial charge in [0.05, 0.1) is 0 Å². The van der Waals surface area contributed by atoms with Gasteiger partial charge in [0.1, 0.15) is 6.33 Å². The average Bonchev–Trinajstić information content (AvgIpc) is 2.91. The normalized spacial score (nSPS) is 30.9. The number of carboxylic acid groups (broad SMARTS) is 1. The van der Waals surface area contributed by atoms with Crippen LogP contribution in [0.4, 0.5) is 0 Å². The standard InChI is InChI=1S/C12H12N2O2/c15-12(16)11-5-10(13-6-14-11)9-4-7-1-2-8(9)3-7/h1-2,5-9H,3-4H2,(H,15,16)/t7-,8-,9+/m0/s1. The predicted molar refractivity (Wildman–Crippen MR) is 57.1 cm³/mol. The molecule has 0 aromatic carbocycles. The highest BCUT2D eigenvalue weighted by molar-refractivity contribution is 5.85. The summed E-state index contributed by atoms with van der Waals surface area (Å²) in [5.74, 6) is 0.609. The number of hydrogen-bond acceptors (Lipinski definition) is 3. The molecule has 1 saturated carbocycles. The highest BCUT2D eigenvalue weighted by atomic mass is 16.4. The summed E-state index contributed by atoms with van der Waals surface area (Å²) in [6, 6.07) is 1.61. The third-order valence-corrected chi connectivity index (χ3v) is 3.57. The fourth-order valence-corrected chi connectivity index (χ4v) is 2.81. The molecular weight excluding hydrogens is 204 g/mol. The highest BCUT2D eigenvalue weighted by Gasteiger charge is 2.37. The van der Waals surface area contributed by atoms with Crippen molar-refractivity contribution in [3.8, 4) is 0 Å². The van der Waals surface area contributed by atoms with Gasteiger partial charge in [-0.2, -0.15) is 0 Å². The minimum atomic E-state index is -0.984. The lowest BCUT2D eigenvalue weighted by atomic mass is 9.90. The van der Waals surface area contributed by atoms with E-state index in [0.29, 0.717) is 17.8 Å².